The second-order valence-corrected chi connectivity index (χ2v) is 4.74. The fourth-order valence-electron chi connectivity index (χ4n) is 1.35. The van der Waals surface area contributed by atoms with Gasteiger partial charge in [0.15, 0.2) is 5.13 Å². The van der Waals surface area contributed by atoms with Crippen molar-refractivity contribution in [2.75, 3.05) is 18.9 Å². The van der Waals surface area contributed by atoms with Crippen LogP contribution in [0.4, 0.5) is 5.13 Å². The van der Waals surface area contributed by atoms with Gasteiger partial charge in [0, 0.05) is 25.1 Å². The van der Waals surface area contributed by atoms with E-state index in [2.05, 4.69) is 4.98 Å². The average Bonchev–Trinajstić information content (AvgIpc) is 2.67. The van der Waals surface area contributed by atoms with Gasteiger partial charge in [-0.2, -0.15) is 0 Å². The van der Waals surface area contributed by atoms with Gasteiger partial charge in [0.25, 0.3) is 0 Å². The van der Waals surface area contributed by atoms with Gasteiger partial charge in [-0.05, 0) is 6.42 Å². The largest absolute Gasteiger partial charge is 0.465 e. The van der Waals surface area contributed by atoms with Crippen LogP contribution in [-0.2, 0) is 25.5 Å². The van der Waals surface area contributed by atoms with E-state index in [1.807, 2.05) is 5.38 Å². The van der Waals surface area contributed by atoms with E-state index in [9.17, 15) is 9.59 Å². The molecule has 0 spiro atoms. The van der Waals surface area contributed by atoms with Crippen LogP contribution in [-0.4, -0.2) is 30.1 Å². The van der Waals surface area contributed by atoms with Crippen molar-refractivity contribution in [2.24, 2.45) is 5.92 Å². The molecule has 0 saturated carbocycles. The van der Waals surface area contributed by atoms with Crippen LogP contribution >= 0.6 is 11.3 Å². The van der Waals surface area contributed by atoms with Gasteiger partial charge < -0.3 is 15.2 Å². The van der Waals surface area contributed by atoms with Crippen molar-refractivity contribution in [1.82, 2.24) is 4.98 Å². The number of carbonyl (C=O) groups excluding carboxylic acids is 2. The number of ether oxygens (including phenoxy) is 2. The van der Waals surface area contributed by atoms with E-state index >= 15 is 0 Å². The molecule has 0 unspecified atom stereocenters. The fraction of sp³-hybridized carbons (Fsp3) is 0.545. The van der Waals surface area contributed by atoms with Crippen molar-refractivity contribution in [3.05, 3.63) is 11.1 Å². The van der Waals surface area contributed by atoms with E-state index < -0.39 is 0 Å². The molecule has 1 aromatic rings. The highest BCUT2D eigenvalue weighted by Gasteiger charge is 2.15. The zero-order valence-electron chi connectivity index (χ0n) is 10.3. The van der Waals surface area contributed by atoms with Crippen molar-refractivity contribution in [2.45, 2.75) is 20.3 Å². The lowest BCUT2D eigenvalue weighted by Crippen LogP contribution is -2.21. The Labute approximate surface area is 109 Å². The van der Waals surface area contributed by atoms with Crippen molar-refractivity contribution < 1.29 is 19.1 Å². The van der Waals surface area contributed by atoms with Crippen LogP contribution in [0.15, 0.2) is 5.38 Å². The maximum atomic E-state index is 10.8. The van der Waals surface area contributed by atoms with E-state index in [1.54, 1.807) is 0 Å². The molecule has 100 valence electrons. The first-order chi connectivity index (χ1) is 8.47. The number of esters is 2. The van der Waals surface area contributed by atoms with Gasteiger partial charge >= 0.3 is 11.9 Å². The number of nitrogens with zero attached hydrogens (tertiary/aromatic N) is 1. The van der Waals surface area contributed by atoms with Crippen LogP contribution in [0.1, 0.15) is 19.5 Å². The lowest BCUT2D eigenvalue weighted by atomic mass is 10.1. The van der Waals surface area contributed by atoms with Crippen molar-refractivity contribution in [3.63, 3.8) is 0 Å². The lowest BCUT2D eigenvalue weighted by molar-refractivity contribution is -0.146. The smallest absolute Gasteiger partial charge is 0.302 e. The molecular formula is C11H16N2O4S. The molecule has 0 fully saturated rings. The molecule has 0 amide bonds. The predicted octanol–water partition coefficient (Wildman–Crippen LogP) is 1.01. The van der Waals surface area contributed by atoms with E-state index in [1.165, 1.54) is 25.2 Å². The number of carbonyl (C=O) groups is 2. The Balaban J connectivity index is 2.52. The molecular weight excluding hydrogens is 256 g/mol. The van der Waals surface area contributed by atoms with E-state index in [0.29, 0.717) is 11.6 Å². The molecule has 2 N–H and O–H groups in total. The van der Waals surface area contributed by atoms with Crippen LogP contribution in [0.5, 0.6) is 0 Å². The molecule has 18 heavy (non-hydrogen) atoms. The summed E-state index contributed by atoms with van der Waals surface area (Å²) in [6.07, 6.45) is 0.550. The van der Waals surface area contributed by atoms with E-state index in [-0.39, 0.29) is 31.1 Å². The third kappa shape index (κ3) is 5.62. The maximum absolute atomic E-state index is 10.8. The average molecular weight is 272 g/mol. The summed E-state index contributed by atoms with van der Waals surface area (Å²) in [4.78, 5) is 25.7. The summed E-state index contributed by atoms with van der Waals surface area (Å²) in [6.45, 7) is 3.06. The number of aromatic nitrogens is 1. The first-order valence-corrected chi connectivity index (χ1v) is 6.32. The Morgan fingerprint density at radius 1 is 1.33 bits per heavy atom. The Hall–Kier alpha value is -1.63. The molecule has 0 bridgehead atoms. The van der Waals surface area contributed by atoms with E-state index in [4.69, 9.17) is 15.2 Å². The molecule has 0 aliphatic carbocycles. The molecule has 0 atom stereocenters. The van der Waals surface area contributed by atoms with Crippen LogP contribution < -0.4 is 5.73 Å². The number of hydrogen-bond donors (Lipinski definition) is 1. The number of nitrogens with two attached hydrogens (primary N) is 1. The fourth-order valence-corrected chi connectivity index (χ4v) is 1.92. The number of hydrogen-bond acceptors (Lipinski definition) is 7. The zero-order valence-corrected chi connectivity index (χ0v) is 11.2. The topological polar surface area (TPSA) is 91.5 Å². The van der Waals surface area contributed by atoms with E-state index in [0.717, 1.165) is 5.69 Å². The highest BCUT2D eigenvalue weighted by atomic mass is 32.1. The van der Waals surface area contributed by atoms with Crippen molar-refractivity contribution in [3.8, 4) is 0 Å². The van der Waals surface area contributed by atoms with Crippen molar-refractivity contribution in [1.29, 1.82) is 0 Å². The number of rotatable bonds is 6. The molecule has 1 rings (SSSR count). The molecule has 0 radical (unpaired) electrons. The van der Waals surface area contributed by atoms with Crippen molar-refractivity contribution >= 4 is 28.4 Å². The first-order valence-electron chi connectivity index (χ1n) is 5.44. The third-order valence-electron chi connectivity index (χ3n) is 2.11. The third-order valence-corrected chi connectivity index (χ3v) is 2.83. The zero-order chi connectivity index (χ0) is 13.5. The van der Waals surface area contributed by atoms with Gasteiger partial charge in [-0.3, -0.25) is 9.59 Å². The summed E-state index contributed by atoms with van der Waals surface area (Å²) in [7, 11) is 0. The molecule has 7 heteroatoms. The Morgan fingerprint density at radius 3 is 2.28 bits per heavy atom. The summed E-state index contributed by atoms with van der Waals surface area (Å²) >= 11 is 1.35. The highest BCUT2D eigenvalue weighted by molar-refractivity contribution is 7.13. The Kier molecular flexibility index (Phi) is 5.57. The standard InChI is InChI=1S/C11H16N2O4S/c1-7(14)16-4-9(5-17-8(2)15)3-10-6-18-11(12)13-10/h6,9H,3-5H2,1-2H3,(H2,12,13). The maximum Gasteiger partial charge on any atom is 0.302 e. The minimum atomic E-state index is -0.361. The summed E-state index contributed by atoms with van der Waals surface area (Å²) in [6, 6.07) is 0. The van der Waals surface area contributed by atoms with Gasteiger partial charge in [-0.25, -0.2) is 4.98 Å². The highest BCUT2D eigenvalue weighted by Crippen LogP contribution is 2.15. The van der Waals surface area contributed by atoms with Crippen LogP contribution in [0.3, 0.4) is 0 Å². The summed E-state index contributed by atoms with van der Waals surface area (Å²) in [5, 5.41) is 2.33. The van der Waals surface area contributed by atoms with Crippen LogP contribution in [0.2, 0.25) is 0 Å². The second kappa shape index (κ2) is 6.95. The van der Waals surface area contributed by atoms with Gasteiger partial charge in [-0.1, -0.05) is 0 Å². The Morgan fingerprint density at radius 2 is 1.89 bits per heavy atom. The minimum Gasteiger partial charge on any atom is -0.465 e. The molecule has 1 heterocycles. The number of anilines is 1. The van der Waals surface area contributed by atoms with Crippen LogP contribution in [0, 0.1) is 5.92 Å². The second-order valence-electron chi connectivity index (χ2n) is 3.85. The normalized spacial score (nSPS) is 10.4. The summed E-state index contributed by atoms with van der Waals surface area (Å²) in [5.41, 5.74) is 6.34. The molecule has 0 aliphatic rings. The molecule has 6 nitrogen and oxygen atoms in total. The van der Waals surface area contributed by atoms with Gasteiger partial charge in [0.1, 0.15) is 0 Å². The van der Waals surface area contributed by atoms with Gasteiger partial charge in [-0.15, -0.1) is 11.3 Å². The summed E-state index contributed by atoms with van der Waals surface area (Å²) < 4.78 is 9.86. The van der Waals surface area contributed by atoms with Gasteiger partial charge in [0.05, 0.1) is 18.9 Å². The monoisotopic (exact) mass is 272 g/mol. The molecule has 0 saturated heterocycles. The first kappa shape index (κ1) is 14.4. The van der Waals surface area contributed by atoms with Gasteiger partial charge in [0.2, 0.25) is 0 Å². The molecule has 0 aliphatic heterocycles. The molecule has 1 aromatic heterocycles. The number of nitrogen functional groups attached to an aromatic ring is 1. The predicted molar refractivity (Wildman–Crippen MR) is 67.0 cm³/mol. The lowest BCUT2D eigenvalue weighted by Gasteiger charge is -2.15. The van der Waals surface area contributed by atoms with Crippen LogP contribution in [0.25, 0.3) is 0 Å². The number of thiazole rings is 1. The Bertz CT molecular complexity index is 401. The summed E-state index contributed by atoms with van der Waals surface area (Å²) in [5.74, 6) is -0.833. The molecule has 0 aromatic carbocycles. The minimum absolute atomic E-state index is 0.112. The quantitative estimate of drug-likeness (QED) is 0.777. The SMILES string of the molecule is CC(=O)OCC(COC(C)=O)Cc1csc(N)n1.